The fourth-order valence-electron chi connectivity index (χ4n) is 11.0. The highest BCUT2D eigenvalue weighted by atomic mass is 32.2. The number of aliphatic hydroxyl groups is 1. The summed E-state index contributed by atoms with van der Waals surface area (Å²) >= 11 is 0. The largest absolute Gasteiger partial charge is 0.508 e. The molecular weight excluding hydrogens is 999 g/mol. The molecule has 2 atom stereocenters. The molecule has 76 heavy (non-hydrogen) atoms. The van der Waals surface area contributed by atoms with E-state index in [1.165, 1.54) is 39.2 Å². The van der Waals surface area contributed by atoms with Crippen molar-refractivity contribution in [1.82, 2.24) is 43.7 Å². The van der Waals surface area contributed by atoms with Crippen molar-refractivity contribution in [3.8, 4) is 45.7 Å². The number of nitrogens with zero attached hydrogens (tertiary/aromatic N) is 8. The Morgan fingerprint density at radius 2 is 1.66 bits per heavy atom. The normalized spacial score (nSPS) is 18.8. The second kappa shape index (κ2) is 19.8. The van der Waals surface area contributed by atoms with Gasteiger partial charge >= 0.3 is 12.1 Å². The molecule has 3 amide bonds. The van der Waals surface area contributed by atoms with Crippen LogP contribution in [0.1, 0.15) is 105 Å². The molecule has 0 bridgehead atoms. The van der Waals surface area contributed by atoms with Crippen LogP contribution in [0.4, 0.5) is 4.79 Å². The molecule has 2 saturated heterocycles. The van der Waals surface area contributed by atoms with E-state index in [-0.39, 0.29) is 114 Å². The van der Waals surface area contributed by atoms with Crippen LogP contribution in [0.5, 0.6) is 17.2 Å². The summed E-state index contributed by atoms with van der Waals surface area (Å²) in [4.78, 5) is 75.6. The van der Waals surface area contributed by atoms with Crippen molar-refractivity contribution >= 4 is 44.8 Å². The number of hydrogen-bond donors (Lipinski definition) is 4. The van der Waals surface area contributed by atoms with Gasteiger partial charge in [0.1, 0.15) is 23.9 Å². The third-order valence-electron chi connectivity index (χ3n) is 15.3. The van der Waals surface area contributed by atoms with E-state index in [1.54, 1.807) is 58.5 Å². The lowest BCUT2D eigenvalue weighted by Gasteiger charge is -2.41. The summed E-state index contributed by atoms with van der Waals surface area (Å²) in [5.74, 6) is -2.07. The van der Waals surface area contributed by atoms with Crippen LogP contribution >= 0.6 is 0 Å². The van der Waals surface area contributed by atoms with Crippen molar-refractivity contribution in [3.05, 3.63) is 105 Å². The molecule has 2 fully saturated rings. The van der Waals surface area contributed by atoms with Crippen molar-refractivity contribution < 1.29 is 52.4 Å². The van der Waals surface area contributed by atoms with Gasteiger partial charge in [-0.1, -0.05) is 27.7 Å². The lowest BCUT2D eigenvalue weighted by molar-refractivity contribution is -0.172. The van der Waals surface area contributed by atoms with E-state index in [9.17, 15) is 47.7 Å². The molecule has 0 aliphatic carbocycles. The molecule has 10 rings (SSSR count). The number of phenols is 2. The summed E-state index contributed by atoms with van der Waals surface area (Å²) < 4.78 is 43.6. The Morgan fingerprint density at radius 3 is 2.33 bits per heavy atom. The smallest absolute Gasteiger partial charge is 0.415 e. The molecule has 3 aromatic heterocycles. The predicted octanol–water partition coefficient (Wildman–Crippen LogP) is 5.31. The molecule has 1 unspecified atom stereocenters. The van der Waals surface area contributed by atoms with Crippen LogP contribution in [0.3, 0.4) is 0 Å². The van der Waals surface area contributed by atoms with E-state index in [0.29, 0.717) is 59.7 Å². The number of nitrogens with one attached hydrogen (secondary N) is 1. The lowest BCUT2D eigenvalue weighted by atomic mass is 9.86. The zero-order valence-corrected chi connectivity index (χ0v) is 43.8. The Hall–Kier alpha value is -7.69. The number of hydrogen-bond acceptors (Lipinski definition) is 15. The maximum atomic E-state index is 14.0. The number of cyclic esters (lactones) is 1. The summed E-state index contributed by atoms with van der Waals surface area (Å²) in [6.45, 7) is 12.2. The van der Waals surface area contributed by atoms with Crippen LogP contribution in [0.15, 0.2) is 70.4 Å². The van der Waals surface area contributed by atoms with E-state index in [4.69, 9.17) is 14.5 Å². The van der Waals surface area contributed by atoms with E-state index in [0.717, 1.165) is 16.5 Å². The minimum absolute atomic E-state index is 0.00178. The first-order chi connectivity index (χ1) is 36.3. The average molecular weight is 1060 g/mol. The summed E-state index contributed by atoms with van der Waals surface area (Å²) in [7, 11) is -4.01. The number of benzene rings is 3. The van der Waals surface area contributed by atoms with Crippen molar-refractivity contribution in [3.63, 3.8) is 0 Å². The van der Waals surface area contributed by atoms with Gasteiger partial charge < -0.3 is 44.5 Å². The second-order valence-electron chi connectivity index (χ2n) is 20.0. The van der Waals surface area contributed by atoms with Crippen LogP contribution in [-0.2, 0) is 49.5 Å². The van der Waals surface area contributed by atoms with Crippen LogP contribution in [0.2, 0.25) is 0 Å². The minimum Gasteiger partial charge on any atom is -0.508 e. The molecule has 3 aromatic carbocycles. The first kappa shape index (κ1) is 51.8. The van der Waals surface area contributed by atoms with Gasteiger partial charge in [0.15, 0.2) is 11.4 Å². The fraction of sp³-hybridized carbons (Fsp3) is 0.407. The number of esters is 1. The van der Waals surface area contributed by atoms with Gasteiger partial charge in [-0.25, -0.2) is 23.0 Å². The minimum atomic E-state index is -4.01. The van der Waals surface area contributed by atoms with Gasteiger partial charge in [-0.2, -0.15) is 4.31 Å². The Labute approximate surface area is 437 Å². The number of sulfonamides is 1. The molecule has 0 saturated carbocycles. The second-order valence-corrected chi connectivity index (χ2v) is 22.0. The molecule has 398 valence electrons. The van der Waals surface area contributed by atoms with E-state index >= 15 is 0 Å². The van der Waals surface area contributed by atoms with Crippen LogP contribution in [0, 0.1) is 5.92 Å². The highest BCUT2D eigenvalue weighted by Crippen LogP contribution is 2.42. The van der Waals surface area contributed by atoms with Gasteiger partial charge in [-0.05, 0) is 111 Å². The average Bonchev–Trinajstić information content (AvgIpc) is 4.03. The Bertz CT molecular complexity index is 3550. The maximum Gasteiger partial charge on any atom is 0.415 e. The number of aryl methyl sites for hydroxylation is 1. The number of piperidine rings is 1. The third kappa shape index (κ3) is 8.70. The van der Waals surface area contributed by atoms with E-state index < -0.39 is 45.6 Å². The molecule has 0 spiro atoms. The first-order valence-corrected chi connectivity index (χ1v) is 27.0. The molecule has 21 nitrogen and oxygen atoms in total. The number of fused-ring (bicyclic) bond motifs is 5. The number of carbonyl (C=O) groups is 4. The quantitative estimate of drug-likeness (QED) is 0.120. The topological polar surface area (TPSA) is 269 Å². The predicted molar refractivity (Wildman–Crippen MR) is 276 cm³/mol. The van der Waals surface area contributed by atoms with Crippen molar-refractivity contribution in [2.24, 2.45) is 5.92 Å². The number of aromatic hydroxyl groups is 2. The molecule has 0 radical (unpaired) electrons. The van der Waals surface area contributed by atoms with Crippen molar-refractivity contribution in [2.75, 3.05) is 39.3 Å². The van der Waals surface area contributed by atoms with Crippen molar-refractivity contribution in [2.45, 2.75) is 103 Å². The molecule has 4 N–H and O–H groups in total. The fourth-order valence-corrected chi connectivity index (χ4v) is 12.5. The van der Waals surface area contributed by atoms with Gasteiger partial charge in [-0.3, -0.25) is 19.0 Å². The van der Waals surface area contributed by atoms with Crippen molar-refractivity contribution in [1.29, 1.82) is 0 Å². The number of pyridine rings is 2. The Kier molecular flexibility index (Phi) is 13.5. The van der Waals surface area contributed by atoms with Crippen LogP contribution in [0.25, 0.3) is 39.4 Å². The van der Waals surface area contributed by atoms with Gasteiger partial charge in [0.05, 0.1) is 39.5 Å². The number of piperazine rings is 1. The lowest BCUT2D eigenvalue weighted by Crippen LogP contribution is -2.57. The summed E-state index contributed by atoms with van der Waals surface area (Å²) in [5.41, 5.74) is 2.71. The molecule has 7 heterocycles. The third-order valence-corrected chi connectivity index (χ3v) is 17.2. The van der Waals surface area contributed by atoms with Gasteiger partial charge in [-0.15, -0.1) is 10.2 Å². The summed E-state index contributed by atoms with van der Waals surface area (Å²) in [6.07, 6.45) is 0.619. The standard InChI is InChI=1S/C54H59N9O12S/c1-7-35-37-22-33(12-15-42(37)56-46-39(35)27-62-43(46)24-41-40(51(62)68)28-74-52(69)54(41,71)8-2)75-53(70)61-21-20-59(26-30(61)6)50(67)31-16-18-60(19-17-31)76(72,73)34-13-10-32(11-14-34)63-47(57-58-48(63)49(66)55-9-3)38-23-36(29(4)5)44(64)25-45(38)65/h10-15,22-25,29-31,64-65,71H,7-9,16-21,26-28H2,1-6H3,(H,55,66)/t30-,54?/m1/s1. The van der Waals surface area contributed by atoms with Crippen LogP contribution in [-0.4, -0.2) is 131 Å². The zero-order chi connectivity index (χ0) is 54.1. The molecule has 4 aliphatic heterocycles. The van der Waals surface area contributed by atoms with Gasteiger partial charge in [0.2, 0.25) is 21.8 Å². The number of phenolic OH excluding ortho intramolecular Hbond substituents is 2. The monoisotopic (exact) mass is 1060 g/mol. The number of amides is 3. The van der Waals surface area contributed by atoms with E-state index in [1.807, 2.05) is 27.7 Å². The number of aromatic nitrogens is 5. The molecular formula is C54H59N9O12S. The number of ether oxygens (including phenoxy) is 2. The highest BCUT2D eigenvalue weighted by Gasteiger charge is 2.46. The molecule has 22 heteroatoms. The zero-order valence-electron chi connectivity index (χ0n) is 43.0. The Morgan fingerprint density at radius 1 is 0.921 bits per heavy atom. The van der Waals surface area contributed by atoms with Crippen LogP contribution < -0.4 is 15.6 Å². The van der Waals surface area contributed by atoms with Gasteiger partial charge in [0, 0.05) is 79.5 Å². The SMILES string of the molecule is CCNC(=O)c1nnc(-c2cc(C(C)C)c(O)cc2O)n1-c1ccc(S(=O)(=O)N2CCC(C(=O)N3CCN(C(=O)Oc4ccc5nc6c(c(CC)c5c4)Cn4c-6cc5c(c4=O)COC(=O)C5(O)CC)[C@H](C)C3)CC2)cc1. The molecule has 6 aromatic rings. The number of rotatable bonds is 11. The van der Waals surface area contributed by atoms with E-state index in [2.05, 4.69) is 15.5 Å². The van der Waals surface area contributed by atoms with Gasteiger partial charge in [0.25, 0.3) is 11.5 Å². The summed E-state index contributed by atoms with van der Waals surface area (Å²) in [6, 6.07) is 15.1. The summed E-state index contributed by atoms with van der Waals surface area (Å²) in [5, 5.41) is 44.5. The maximum absolute atomic E-state index is 14.0. The first-order valence-electron chi connectivity index (χ1n) is 25.6. The Balaban J connectivity index is 0.778. The highest BCUT2D eigenvalue weighted by molar-refractivity contribution is 7.89. The number of carbonyl (C=O) groups excluding carboxylic acids is 4. The molecule has 4 aliphatic rings.